The van der Waals surface area contributed by atoms with Crippen LogP contribution in [0.4, 0.5) is 10.1 Å². The number of anilines is 1. The highest BCUT2D eigenvalue weighted by Gasteiger charge is 2.43. The van der Waals surface area contributed by atoms with Crippen LogP contribution >= 0.6 is 23.2 Å². The number of hydrogen-bond donors (Lipinski definition) is 1. The SMILES string of the molecule is CCC1(C)NC(=O)CN(c2c(Cl)cc(F)cc2Cl)C1=O. The third kappa shape index (κ3) is 2.47. The van der Waals surface area contributed by atoms with Gasteiger partial charge in [-0.1, -0.05) is 30.1 Å². The van der Waals surface area contributed by atoms with Gasteiger partial charge in [-0.15, -0.1) is 0 Å². The van der Waals surface area contributed by atoms with Crippen LogP contribution in [0.25, 0.3) is 0 Å². The Labute approximate surface area is 125 Å². The molecule has 1 fully saturated rings. The molecule has 0 radical (unpaired) electrons. The minimum absolute atomic E-state index is 0.00324. The fraction of sp³-hybridized carbons (Fsp3) is 0.385. The zero-order chi connectivity index (χ0) is 15.1. The summed E-state index contributed by atoms with van der Waals surface area (Å²) < 4.78 is 13.2. The fourth-order valence-electron chi connectivity index (χ4n) is 2.13. The van der Waals surface area contributed by atoms with E-state index in [-0.39, 0.29) is 34.1 Å². The van der Waals surface area contributed by atoms with Crippen molar-refractivity contribution in [3.8, 4) is 0 Å². The largest absolute Gasteiger partial charge is 0.340 e. The third-order valence-corrected chi connectivity index (χ3v) is 3.97. The number of rotatable bonds is 2. The Morgan fingerprint density at radius 1 is 1.35 bits per heavy atom. The number of carbonyl (C=O) groups excluding carboxylic acids is 2. The summed E-state index contributed by atoms with van der Waals surface area (Å²) in [6.07, 6.45) is 0.421. The van der Waals surface area contributed by atoms with Crippen LogP contribution in [0.1, 0.15) is 20.3 Å². The van der Waals surface area contributed by atoms with Crippen molar-refractivity contribution in [3.05, 3.63) is 28.0 Å². The van der Waals surface area contributed by atoms with E-state index >= 15 is 0 Å². The van der Waals surface area contributed by atoms with E-state index in [4.69, 9.17) is 23.2 Å². The molecule has 0 spiro atoms. The van der Waals surface area contributed by atoms with Crippen LogP contribution in [0, 0.1) is 5.82 Å². The molecule has 108 valence electrons. The number of halogens is 3. The van der Waals surface area contributed by atoms with E-state index in [0.717, 1.165) is 12.1 Å². The van der Waals surface area contributed by atoms with E-state index in [1.54, 1.807) is 13.8 Å². The quantitative estimate of drug-likeness (QED) is 0.911. The van der Waals surface area contributed by atoms with E-state index in [1.165, 1.54) is 4.90 Å². The first-order chi connectivity index (χ1) is 9.28. The van der Waals surface area contributed by atoms with Crippen molar-refractivity contribution >= 4 is 40.7 Å². The molecule has 0 aliphatic carbocycles. The normalized spacial score (nSPS) is 22.9. The van der Waals surface area contributed by atoms with Gasteiger partial charge in [0.05, 0.1) is 15.7 Å². The maximum atomic E-state index is 13.2. The maximum absolute atomic E-state index is 13.2. The fourth-order valence-corrected chi connectivity index (χ4v) is 2.79. The van der Waals surface area contributed by atoms with Gasteiger partial charge in [-0.2, -0.15) is 0 Å². The standard InChI is InChI=1S/C13H13Cl2FN2O2/c1-3-13(2)12(20)18(6-10(19)17-13)11-8(14)4-7(16)5-9(11)15/h4-5H,3,6H2,1-2H3,(H,17,19). The molecule has 1 atom stereocenters. The molecule has 0 bridgehead atoms. The van der Waals surface area contributed by atoms with Gasteiger partial charge in [0.15, 0.2) is 0 Å². The molecular formula is C13H13Cl2FN2O2. The Morgan fingerprint density at radius 2 is 1.90 bits per heavy atom. The van der Waals surface area contributed by atoms with Gasteiger partial charge >= 0.3 is 0 Å². The molecule has 0 aromatic heterocycles. The second-order valence-corrected chi connectivity index (χ2v) is 5.66. The molecule has 1 N–H and O–H groups in total. The maximum Gasteiger partial charge on any atom is 0.253 e. The number of carbonyl (C=O) groups is 2. The van der Waals surface area contributed by atoms with Crippen molar-refractivity contribution in [2.45, 2.75) is 25.8 Å². The summed E-state index contributed by atoms with van der Waals surface area (Å²) in [5, 5.41) is 2.65. The predicted octanol–water partition coefficient (Wildman–Crippen LogP) is 2.76. The Morgan fingerprint density at radius 3 is 2.40 bits per heavy atom. The van der Waals surface area contributed by atoms with Gasteiger partial charge in [-0.25, -0.2) is 4.39 Å². The lowest BCUT2D eigenvalue weighted by molar-refractivity contribution is -0.135. The summed E-state index contributed by atoms with van der Waals surface area (Å²) in [5.74, 6) is -1.24. The van der Waals surface area contributed by atoms with Crippen LogP contribution in [-0.4, -0.2) is 23.9 Å². The van der Waals surface area contributed by atoms with Crippen LogP contribution < -0.4 is 10.2 Å². The molecule has 1 heterocycles. The number of piperazine rings is 1. The number of benzene rings is 1. The first-order valence-electron chi connectivity index (χ1n) is 6.06. The van der Waals surface area contributed by atoms with Crippen LogP contribution in [0.5, 0.6) is 0 Å². The molecule has 0 saturated carbocycles. The van der Waals surface area contributed by atoms with Crippen molar-refractivity contribution in [1.29, 1.82) is 0 Å². The van der Waals surface area contributed by atoms with Gasteiger partial charge in [0.25, 0.3) is 5.91 Å². The molecule has 1 aliphatic heterocycles. The highest BCUT2D eigenvalue weighted by atomic mass is 35.5. The van der Waals surface area contributed by atoms with Crippen molar-refractivity contribution in [3.63, 3.8) is 0 Å². The highest BCUT2D eigenvalue weighted by Crippen LogP contribution is 2.37. The molecule has 20 heavy (non-hydrogen) atoms. The first kappa shape index (κ1) is 15.1. The summed E-state index contributed by atoms with van der Waals surface area (Å²) in [5.41, 5.74) is -0.856. The van der Waals surface area contributed by atoms with Crippen LogP contribution in [-0.2, 0) is 9.59 Å². The lowest BCUT2D eigenvalue weighted by Gasteiger charge is -2.39. The number of amides is 2. The average Bonchev–Trinajstić information content (AvgIpc) is 2.34. The first-order valence-corrected chi connectivity index (χ1v) is 6.81. The minimum atomic E-state index is -1.02. The van der Waals surface area contributed by atoms with Gasteiger partial charge in [0.1, 0.15) is 17.9 Å². The molecule has 2 amide bonds. The van der Waals surface area contributed by atoms with Gasteiger partial charge in [-0.3, -0.25) is 14.5 Å². The summed E-state index contributed by atoms with van der Waals surface area (Å²) in [6.45, 7) is 3.22. The van der Waals surface area contributed by atoms with E-state index in [1.807, 2.05) is 0 Å². The van der Waals surface area contributed by atoms with Gasteiger partial charge in [-0.05, 0) is 25.5 Å². The van der Waals surface area contributed by atoms with E-state index in [2.05, 4.69) is 5.32 Å². The molecule has 4 nitrogen and oxygen atoms in total. The van der Waals surface area contributed by atoms with E-state index < -0.39 is 11.4 Å². The lowest BCUT2D eigenvalue weighted by Crippen LogP contribution is -2.65. The topological polar surface area (TPSA) is 49.4 Å². The highest BCUT2D eigenvalue weighted by molar-refractivity contribution is 6.40. The summed E-state index contributed by atoms with van der Waals surface area (Å²) >= 11 is 11.9. The lowest BCUT2D eigenvalue weighted by atomic mass is 9.94. The van der Waals surface area contributed by atoms with Crippen LogP contribution in [0.15, 0.2) is 12.1 Å². The summed E-state index contributed by atoms with van der Waals surface area (Å²) in [4.78, 5) is 25.5. The molecule has 1 aliphatic rings. The predicted molar refractivity (Wildman–Crippen MR) is 75.6 cm³/mol. The Bertz CT molecular complexity index is 571. The minimum Gasteiger partial charge on any atom is -0.340 e. The molecule has 1 saturated heterocycles. The van der Waals surface area contributed by atoms with E-state index in [0.29, 0.717) is 6.42 Å². The zero-order valence-electron chi connectivity index (χ0n) is 11.0. The number of hydrogen-bond acceptors (Lipinski definition) is 2. The van der Waals surface area contributed by atoms with Crippen LogP contribution in [0.3, 0.4) is 0 Å². The van der Waals surface area contributed by atoms with E-state index in [9.17, 15) is 14.0 Å². The van der Waals surface area contributed by atoms with Crippen LogP contribution in [0.2, 0.25) is 10.0 Å². The van der Waals surface area contributed by atoms with Gasteiger partial charge in [0.2, 0.25) is 5.91 Å². The zero-order valence-corrected chi connectivity index (χ0v) is 12.5. The van der Waals surface area contributed by atoms with Gasteiger partial charge in [0, 0.05) is 0 Å². The molecule has 1 aromatic carbocycles. The molecule has 7 heteroatoms. The second-order valence-electron chi connectivity index (χ2n) is 4.84. The van der Waals surface area contributed by atoms with Crippen molar-refractivity contribution < 1.29 is 14.0 Å². The van der Waals surface area contributed by atoms with Crippen molar-refractivity contribution in [2.24, 2.45) is 0 Å². The monoisotopic (exact) mass is 318 g/mol. The van der Waals surface area contributed by atoms with Gasteiger partial charge < -0.3 is 5.32 Å². The number of nitrogens with one attached hydrogen (secondary N) is 1. The second kappa shape index (κ2) is 5.22. The molecule has 2 rings (SSSR count). The Kier molecular flexibility index (Phi) is 3.93. The third-order valence-electron chi connectivity index (χ3n) is 3.39. The van der Waals surface area contributed by atoms with Crippen molar-refractivity contribution in [1.82, 2.24) is 5.32 Å². The Hall–Kier alpha value is -1.33. The molecule has 1 unspecified atom stereocenters. The number of nitrogens with zero attached hydrogens (tertiary/aromatic N) is 1. The molecule has 1 aromatic rings. The smallest absolute Gasteiger partial charge is 0.253 e. The average molecular weight is 319 g/mol. The summed E-state index contributed by atoms with van der Waals surface area (Å²) in [7, 11) is 0. The molecular weight excluding hydrogens is 306 g/mol. The Balaban J connectivity index is 2.52. The van der Waals surface area contributed by atoms with Crippen molar-refractivity contribution in [2.75, 3.05) is 11.4 Å². The summed E-state index contributed by atoms with van der Waals surface area (Å²) in [6, 6.07) is 2.12.